The summed E-state index contributed by atoms with van der Waals surface area (Å²) in [6.45, 7) is 5.86. The molecule has 2 N–H and O–H groups in total. The van der Waals surface area contributed by atoms with Crippen LogP contribution in [0.3, 0.4) is 0 Å². The Balaban J connectivity index is 1.81. The van der Waals surface area contributed by atoms with Crippen LogP contribution in [-0.2, 0) is 0 Å². The van der Waals surface area contributed by atoms with Crippen LogP contribution < -0.4 is 5.73 Å². The van der Waals surface area contributed by atoms with E-state index in [-0.39, 0.29) is 0 Å². The van der Waals surface area contributed by atoms with Gasteiger partial charge in [0.25, 0.3) is 0 Å². The first-order chi connectivity index (χ1) is 7.25. The maximum absolute atomic E-state index is 6.18. The van der Waals surface area contributed by atoms with Gasteiger partial charge in [-0.05, 0) is 32.1 Å². The Morgan fingerprint density at radius 3 is 2.87 bits per heavy atom. The summed E-state index contributed by atoms with van der Waals surface area (Å²) in [6.07, 6.45) is 8.95. The lowest BCUT2D eigenvalue weighted by molar-refractivity contribution is 0.193. The first kappa shape index (κ1) is 11.2. The van der Waals surface area contributed by atoms with Crippen LogP contribution in [0.15, 0.2) is 11.6 Å². The van der Waals surface area contributed by atoms with E-state index in [2.05, 4.69) is 17.9 Å². The highest BCUT2D eigenvalue weighted by Crippen LogP contribution is 2.24. The summed E-state index contributed by atoms with van der Waals surface area (Å²) in [5.74, 6) is 0.755. The molecule has 0 aromatic rings. The first-order valence-corrected chi connectivity index (χ1v) is 6.39. The third kappa shape index (κ3) is 3.05. The summed E-state index contributed by atoms with van der Waals surface area (Å²) in [5, 5.41) is 0. The molecule has 0 aromatic heterocycles. The van der Waals surface area contributed by atoms with Gasteiger partial charge in [-0.3, -0.25) is 4.90 Å². The standard InChI is InChI=1S/C13H24N2/c1-11-6-8-15(9-7-11)10-12-4-2-3-5-13(12)14/h6,12-13H,2-5,7-10,14H2,1H3. The first-order valence-electron chi connectivity index (χ1n) is 6.39. The molecule has 1 fully saturated rings. The van der Waals surface area contributed by atoms with Crippen molar-refractivity contribution < 1.29 is 0 Å². The molecule has 0 amide bonds. The third-order valence-corrected chi connectivity index (χ3v) is 3.98. The molecule has 2 heteroatoms. The van der Waals surface area contributed by atoms with Crippen molar-refractivity contribution in [3.8, 4) is 0 Å². The minimum absolute atomic E-state index is 0.464. The molecule has 1 saturated carbocycles. The fourth-order valence-corrected chi connectivity index (χ4v) is 2.77. The summed E-state index contributed by atoms with van der Waals surface area (Å²) in [7, 11) is 0. The van der Waals surface area contributed by atoms with E-state index in [9.17, 15) is 0 Å². The minimum Gasteiger partial charge on any atom is -0.327 e. The number of rotatable bonds is 2. The van der Waals surface area contributed by atoms with Crippen LogP contribution >= 0.6 is 0 Å². The zero-order valence-electron chi connectivity index (χ0n) is 9.91. The summed E-state index contributed by atoms with van der Waals surface area (Å²) in [5.41, 5.74) is 7.74. The summed E-state index contributed by atoms with van der Waals surface area (Å²) >= 11 is 0. The van der Waals surface area contributed by atoms with Gasteiger partial charge in [-0.2, -0.15) is 0 Å². The minimum atomic E-state index is 0.464. The molecule has 0 radical (unpaired) electrons. The lowest BCUT2D eigenvalue weighted by atomic mass is 9.84. The molecule has 0 saturated heterocycles. The van der Waals surface area contributed by atoms with Crippen molar-refractivity contribution in [1.82, 2.24) is 4.90 Å². The van der Waals surface area contributed by atoms with Crippen LogP contribution in [0, 0.1) is 5.92 Å². The Bertz CT molecular complexity index is 235. The van der Waals surface area contributed by atoms with E-state index in [0.717, 1.165) is 12.5 Å². The lowest BCUT2D eigenvalue weighted by Gasteiger charge is -2.34. The van der Waals surface area contributed by atoms with E-state index in [1.54, 1.807) is 5.57 Å². The highest BCUT2D eigenvalue weighted by atomic mass is 15.1. The van der Waals surface area contributed by atoms with E-state index in [1.807, 2.05) is 0 Å². The van der Waals surface area contributed by atoms with Crippen molar-refractivity contribution in [2.45, 2.75) is 45.1 Å². The fourth-order valence-electron chi connectivity index (χ4n) is 2.77. The van der Waals surface area contributed by atoms with Gasteiger partial charge in [0, 0.05) is 25.7 Å². The second-order valence-corrected chi connectivity index (χ2v) is 5.27. The molecule has 2 atom stereocenters. The normalized spacial score (nSPS) is 33.9. The van der Waals surface area contributed by atoms with Crippen molar-refractivity contribution >= 4 is 0 Å². The molecule has 0 bridgehead atoms. The van der Waals surface area contributed by atoms with Gasteiger partial charge in [0.1, 0.15) is 0 Å². The molecule has 15 heavy (non-hydrogen) atoms. The molecule has 2 unspecified atom stereocenters. The Hall–Kier alpha value is -0.340. The summed E-state index contributed by atoms with van der Waals surface area (Å²) < 4.78 is 0. The molecule has 1 aliphatic heterocycles. The molecule has 1 aliphatic carbocycles. The predicted molar refractivity (Wildman–Crippen MR) is 64.7 cm³/mol. The molecule has 0 aromatic carbocycles. The van der Waals surface area contributed by atoms with Crippen molar-refractivity contribution in [3.63, 3.8) is 0 Å². The van der Waals surface area contributed by atoms with E-state index in [4.69, 9.17) is 5.73 Å². The van der Waals surface area contributed by atoms with Crippen LogP contribution in [0.25, 0.3) is 0 Å². The highest BCUT2D eigenvalue weighted by Gasteiger charge is 2.24. The van der Waals surface area contributed by atoms with Gasteiger partial charge in [-0.15, -0.1) is 0 Å². The quantitative estimate of drug-likeness (QED) is 0.705. The molecule has 86 valence electrons. The van der Waals surface area contributed by atoms with Crippen LogP contribution in [0.2, 0.25) is 0 Å². The average Bonchev–Trinajstić information content (AvgIpc) is 2.25. The maximum atomic E-state index is 6.18. The zero-order chi connectivity index (χ0) is 10.7. The van der Waals surface area contributed by atoms with Crippen LogP contribution in [0.5, 0.6) is 0 Å². The van der Waals surface area contributed by atoms with Crippen LogP contribution in [-0.4, -0.2) is 30.6 Å². The molecule has 2 aliphatic rings. The van der Waals surface area contributed by atoms with Gasteiger partial charge in [0.2, 0.25) is 0 Å². The van der Waals surface area contributed by atoms with Crippen LogP contribution in [0.1, 0.15) is 39.0 Å². The third-order valence-electron chi connectivity index (χ3n) is 3.98. The van der Waals surface area contributed by atoms with Gasteiger partial charge in [-0.25, -0.2) is 0 Å². The second-order valence-electron chi connectivity index (χ2n) is 5.27. The zero-order valence-corrected chi connectivity index (χ0v) is 9.91. The molecule has 2 rings (SSSR count). The highest BCUT2D eigenvalue weighted by molar-refractivity contribution is 5.04. The summed E-state index contributed by atoms with van der Waals surface area (Å²) in [6, 6.07) is 0.464. The van der Waals surface area contributed by atoms with Gasteiger partial charge in [0.05, 0.1) is 0 Å². The predicted octanol–water partition coefficient (Wildman–Crippen LogP) is 2.16. The summed E-state index contributed by atoms with van der Waals surface area (Å²) in [4.78, 5) is 2.57. The fraction of sp³-hybridized carbons (Fsp3) is 0.846. The van der Waals surface area contributed by atoms with Gasteiger partial charge >= 0.3 is 0 Å². The molecule has 2 nitrogen and oxygen atoms in total. The van der Waals surface area contributed by atoms with Crippen molar-refractivity contribution in [1.29, 1.82) is 0 Å². The monoisotopic (exact) mass is 208 g/mol. The molecular formula is C13H24N2. The number of hydrogen-bond donors (Lipinski definition) is 1. The van der Waals surface area contributed by atoms with E-state index in [1.165, 1.54) is 45.2 Å². The number of nitrogens with two attached hydrogens (primary N) is 1. The molecular weight excluding hydrogens is 184 g/mol. The van der Waals surface area contributed by atoms with Gasteiger partial charge < -0.3 is 5.73 Å². The molecule has 0 spiro atoms. The van der Waals surface area contributed by atoms with Crippen molar-refractivity contribution in [3.05, 3.63) is 11.6 Å². The number of nitrogens with zero attached hydrogens (tertiary/aromatic N) is 1. The van der Waals surface area contributed by atoms with Gasteiger partial charge in [-0.1, -0.05) is 24.5 Å². The van der Waals surface area contributed by atoms with Crippen molar-refractivity contribution in [2.75, 3.05) is 19.6 Å². The second kappa shape index (κ2) is 5.13. The largest absolute Gasteiger partial charge is 0.327 e. The van der Waals surface area contributed by atoms with E-state index in [0.29, 0.717) is 6.04 Å². The van der Waals surface area contributed by atoms with Crippen molar-refractivity contribution in [2.24, 2.45) is 11.7 Å². The average molecular weight is 208 g/mol. The Labute approximate surface area is 93.5 Å². The topological polar surface area (TPSA) is 29.3 Å². The Morgan fingerprint density at radius 1 is 1.40 bits per heavy atom. The SMILES string of the molecule is CC1=CCN(CC2CCCCC2N)CC1. The maximum Gasteiger partial charge on any atom is 0.0165 e. The van der Waals surface area contributed by atoms with Crippen LogP contribution in [0.4, 0.5) is 0 Å². The van der Waals surface area contributed by atoms with E-state index < -0.39 is 0 Å². The lowest BCUT2D eigenvalue weighted by Crippen LogP contribution is -2.42. The van der Waals surface area contributed by atoms with Gasteiger partial charge in [0.15, 0.2) is 0 Å². The molecule has 1 heterocycles. The Kier molecular flexibility index (Phi) is 3.81. The Morgan fingerprint density at radius 2 is 2.20 bits per heavy atom. The van der Waals surface area contributed by atoms with E-state index >= 15 is 0 Å². The smallest absolute Gasteiger partial charge is 0.0165 e. The number of hydrogen-bond acceptors (Lipinski definition) is 2.